The number of aromatic hydroxyl groups is 1. The van der Waals surface area contributed by atoms with Crippen LogP contribution in [0.1, 0.15) is 25.1 Å². The predicted octanol–water partition coefficient (Wildman–Crippen LogP) is 1.36. The van der Waals surface area contributed by atoms with Crippen LogP contribution >= 0.6 is 0 Å². The Bertz CT molecular complexity index is 1140. The first kappa shape index (κ1) is 19.3. The number of halogens is 1. The monoisotopic (exact) mass is 421 g/mol. The van der Waals surface area contributed by atoms with Gasteiger partial charge in [0, 0.05) is 25.2 Å². The second kappa shape index (κ2) is 7.55. The molecule has 2 aliphatic rings. The molecule has 10 nitrogen and oxygen atoms in total. The number of aromatic nitrogens is 6. The molecule has 2 aliphatic heterocycles. The van der Waals surface area contributed by atoms with E-state index in [0.717, 1.165) is 19.3 Å². The Labute approximate surface area is 177 Å². The fourth-order valence-electron chi connectivity index (χ4n) is 4.36. The lowest BCUT2D eigenvalue weighted by molar-refractivity contribution is 0.176. The maximum atomic E-state index is 14.8. The lowest BCUT2D eigenvalue weighted by Gasteiger charge is -2.38. The van der Waals surface area contributed by atoms with Crippen molar-refractivity contribution in [2.45, 2.75) is 43.6 Å². The number of hydrogen-bond acceptors (Lipinski definition) is 9. The minimum Gasteiger partial charge on any atom is -0.507 e. The molecule has 2 bridgehead atoms. The fraction of sp³-hybridized carbons (Fsp3) is 0.400. The third-order valence-corrected chi connectivity index (χ3v) is 6.04. The van der Waals surface area contributed by atoms with Crippen LogP contribution in [0.5, 0.6) is 5.75 Å². The number of benzene rings is 1. The number of hydrogen-bond donors (Lipinski definition) is 2. The second-order valence-electron chi connectivity index (χ2n) is 7.87. The van der Waals surface area contributed by atoms with E-state index in [-0.39, 0.29) is 29.5 Å². The van der Waals surface area contributed by atoms with E-state index in [9.17, 15) is 9.50 Å². The Kier molecular flexibility index (Phi) is 4.71. The standard InChI is InChI=1S/C20H20FN9O/c1-29(15-6-11-2-5-14(25-11)19(15)21)18-9-23-20(27-26-18)13-4-3-12(7-16(13)31)30-10-24-17(8-22)28-30/h3-4,7,9-11,14-15,19,25,31H,2,5-6H2,1H3/t11-,14+,15+,19-/m1/s1. The summed E-state index contributed by atoms with van der Waals surface area (Å²) >= 11 is 0. The Morgan fingerprint density at radius 1 is 1.29 bits per heavy atom. The highest BCUT2D eigenvalue weighted by Crippen LogP contribution is 2.33. The summed E-state index contributed by atoms with van der Waals surface area (Å²) < 4.78 is 16.2. The third-order valence-electron chi connectivity index (χ3n) is 6.04. The highest BCUT2D eigenvalue weighted by Gasteiger charge is 2.43. The predicted molar refractivity (Wildman–Crippen MR) is 108 cm³/mol. The third kappa shape index (κ3) is 3.44. The molecule has 0 saturated carbocycles. The largest absolute Gasteiger partial charge is 0.507 e. The summed E-state index contributed by atoms with van der Waals surface area (Å²) in [6.07, 6.45) is 4.54. The second-order valence-corrected chi connectivity index (χ2v) is 7.87. The van der Waals surface area contributed by atoms with E-state index in [1.165, 1.54) is 17.1 Å². The zero-order chi connectivity index (χ0) is 21.5. The van der Waals surface area contributed by atoms with Crippen LogP contribution in [0.2, 0.25) is 0 Å². The molecule has 2 aromatic heterocycles. The van der Waals surface area contributed by atoms with Gasteiger partial charge in [0.1, 0.15) is 24.3 Å². The molecule has 158 valence electrons. The van der Waals surface area contributed by atoms with Gasteiger partial charge in [0.05, 0.1) is 23.5 Å². The first-order chi connectivity index (χ1) is 15.0. The average molecular weight is 421 g/mol. The molecule has 4 heterocycles. The summed E-state index contributed by atoms with van der Waals surface area (Å²) in [4.78, 5) is 9.98. The van der Waals surface area contributed by atoms with Gasteiger partial charge in [-0.1, -0.05) is 0 Å². The van der Waals surface area contributed by atoms with Crippen LogP contribution in [0, 0.1) is 11.3 Å². The van der Waals surface area contributed by atoms with Crippen molar-refractivity contribution >= 4 is 5.82 Å². The van der Waals surface area contributed by atoms with Gasteiger partial charge in [-0.25, -0.2) is 19.0 Å². The molecule has 2 saturated heterocycles. The molecule has 1 aromatic carbocycles. The van der Waals surface area contributed by atoms with Gasteiger partial charge in [-0.05, 0) is 31.4 Å². The number of fused-ring (bicyclic) bond motifs is 2. The minimum absolute atomic E-state index is 0.0353. The van der Waals surface area contributed by atoms with Crippen LogP contribution in [0.25, 0.3) is 17.1 Å². The molecule has 11 heteroatoms. The van der Waals surface area contributed by atoms with Crippen molar-refractivity contribution in [2.75, 3.05) is 11.9 Å². The number of nitrogens with one attached hydrogen (secondary N) is 1. The van der Waals surface area contributed by atoms with Crippen LogP contribution in [0.4, 0.5) is 10.2 Å². The van der Waals surface area contributed by atoms with Crippen LogP contribution in [-0.2, 0) is 0 Å². The Morgan fingerprint density at radius 3 is 2.87 bits per heavy atom. The molecule has 31 heavy (non-hydrogen) atoms. The fourth-order valence-corrected chi connectivity index (χ4v) is 4.36. The molecule has 3 aromatic rings. The zero-order valence-corrected chi connectivity index (χ0v) is 16.7. The minimum atomic E-state index is -0.972. The number of piperidine rings is 1. The van der Waals surface area contributed by atoms with Crippen LogP contribution in [0.3, 0.4) is 0 Å². The van der Waals surface area contributed by atoms with Gasteiger partial charge in [-0.3, -0.25) is 0 Å². The Balaban J connectivity index is 1.35. The van der Waals surface area contributed by atoms with Crippen molar-refractivity contribution in [3.63, 3.8) is 0 Å². The molecule has 5 rings (SSSR count). The average Bonchev–Trinajstić information content (AvgIpc) is 3.43. The van der Waals surface area contributed by atoms with E-state index in [1.54, 1.807) is 23.2 Å². The highest BCUT2D eigenvalue weighted by molar-refractivity contribution is 5.66. The molecule has 0 unspecified atom stereocenters. The van der Waals surface area contributed by atoms with E-state index in [2.05, 4.69) is 30.6 Å². The number of rotatable bonds is 4. The van der Waals surface area contributed by atoms with Crippen molar-refractivity contribution < 1.29 is 9.50 Å². The molecular weight excluding hydrogens is 401 g/mol. The van der Waals surface area contributed by atoms with E-state index < -0.39 is 6.17 Å². The number of nitrogens with zero attached hydrogens (tertiary/aromatic N) is 8. The number of phenols is 1. The normalized spacial score (nSPS) is 24.7. The summed E-state index contributed by atoms with van der Waals surface area (Å²) in [7, 11) is 1.81. The number of phenolic OH excluding ortho intramolecular Hbond substituents is 1. The zero-order valence-electron chi connectivity index (χ0n) is 16.7. The molecule has 0 aliphatic carbocycles. The lowest BCUT2D eigenvalue weighted by atomic mass is 9.96. The quantitative estimate of drug-likeness (QED) is 0.641. The molecule has 2 fully saturated rings. The topological polar surface area (TPSA) is 129 Å². The van der Waals surface area contributed by atoms with Gasteiger partial charge in [0.25, 0.3) is 5.82 Å². The van der Waals surface area contributed by atoms with Crippen LogP contribution in [-0.4, -0.2) is 66.4 Å². The number of alkyl halides is 1. The molecule has 0 radical (unpaired) electrons. The summed E-state index contributed by atoms with van der Waals surface area (Å²) in [5.74, 6) is 0.710. The number of anilines is 1. The van der Waals surface area contributed by atoms with Crippen molar-refractivity contribution in [1.82, 2.24) is 35.3 Å². The summed E-state index contributed by atoms with van der Waals surface area (Å²) in [6.45, 7) is 0. The highest BCUT2D eigenvalue weighted by atomic mass is 19.1. The van der Waals surface area contributed by atoms with Gasteiger partial charge < -0.3 is 15.3 Å². The smallest absolute Gasteiger partial charge is 0.252 e. The molecule has 2 N–H and O–H groups in total. The summed E-state index contributed by atoms with van der Waals surface area (Å²) in [5.41, 5.74) is 0.934. The molecule has 0 spiro atoms. The number of nitriles is 1. The van der Waals surface area contributed by atoms with Gasteiger partial charge in [0.15, 0.2) is 11.6 Å². The SMILES string of the molecule is CN(c1cnc(-c2ccc(-n3cnc(C#N)n3)cc2O)nn1)[C@H]1C[C@H]2CC[C@H](N2)[C@H]1F. The van der Waals surface area contributed by atoms with E-state index in [4.69, 9.17) is 5.26 Å². The van der Waals surface area contributed by atoms with E-state index in [0.29, 0.717) is 23.1 Å². The summed E-state index contributed by atoms with van der Waals surface area (Å²) in [5, 5.41) is 35.0. The molecule has 4 atom stereocenters. The van der Waals surface area contributed by atoms with Crippen LogP contribution in [0.15, 0.2) is 30.7 Å². The van der Waals surface area contributed by atoms with Crippen molar-refractivity contribution in [3.05, 3.63) is 36.5 Å². The Hall–Kier alpha value is -3.65. The van der Waals surface area contributed by atoms with Gasteiger partial charge in [-0.2, -0.15) is 5.26 Å². The molecular formula is C20H20FN9O. The van der Waals surface area contributed by atoms with Gasteiger partial charge in [0.2, 0.25) is 0 Å². The van der Waals surface area contributed by atoms with Crippen molar-refractivity contribution in [2.24, 2.45) is 0 Å². The van der Waals surface area contributed by atoms with Crippen molar-refractivity contribution in [3.8, 4) is 28.9 Å². The molecule has 0 amide bonds. The lowest BCUT2D eigenvalue weighted by Crippen LogP contribution is -2.55. The first-order valence-corrected chi connectivity index (χ1v) is 10.0. The maximum absolute atomic E-state index is 14.8. The van der Waals surface area contributed by atoms with Gasteiger partial charge >= 0.3 is 0 Å². The van der Waals surface area contributed by atoms with E-state index in [1.807, 2.05) is 13.1 Å². The van der Waals surface area contributed by atoms with Crippen molar-refractivity contribution in [1.29, 1.82) is 5.26 Å². The van der Waals surface area contributed by atoms with Crippen LogP contribution < -0.4 is 10.2 Å². The Morgan fingerprint density at radius 2 is 2.16 bits per heavy atom. The van der Waals surface area contributed by atoms with E-state index >= 15 is 0 Å². The first-order valence-electron chi connectivity index (χ1n) is 10.0. The summed E-state index contributed by atoms with van der Waals surface area (Å²) in [6, 6.07) is 6.65. The van der Waals surface area contributed by atoms with Gasteiger partial charge in [-0.15, -0.1) is 15.3 Å². The maximum Gasteiger partial charge on any atom is 0.252 e.